The van der Waals surface area contributed by atoms with Crippen LogP contribution in [0.3, 0.4) is 0 Å². The zero-order valence-electron chi connectivity index (χ0n) is 18.6. The molecule has 0 unspecified atom stereocenters. The summed E-state index contributed by atoms with van der Waals surface area (Å²) in [7, 11) is 0. The Hall–Kier alpha value is -5.13. The molecule has 2 N–H and O–H groups in total. The molecule has 0 fully saturated rings. The lowest BCUT2D eigenvalue weighted by Gasteiger charge is -2.14. The predicted molar refractivity (Wildman–Crippen MR) is 128 cm³/mol. The van der Waals surface area contributed by atoms with Gasteiger partial charge in [0, 0.05) is 18.0 Å². The van der Waals surface area contributed by atoms with Crippen LogP contribution in [-0.2, 0) is 4.79 Å². The monoisotopic (exact) mass is 448 g/mol. The number of nitriles is 2. The first kappa shape index (κ1) is 23.5. The first-order valence-corrected chi connectivity index (χ1v) is 10.2. The van der Waals surface area contributed by atoms with Crippen LogP contribution < -0.4 is 15.4 Å². The number of aromatic nitrogens is 2. The van der Waals surface area contributed by atoms with Crippen LogP contribution >= 0.6 is 0 Å². The molecule has 8 heteroatoms. The van der Waals surface area contributed by atoms with Crippen LogP contribution in [0.5, 0.6) is 11.6 Å². The second kappa shape index (κ2) is 10.9. The number of hydrogen-bond donors (Lipinski definition) is 2. The van der Waals surface area contributed by atoms with E-state index in [1.54, 1.807) is 36.4 Å². The molecule has 0 saturated heterocycles. The average Bonchev–Trinajstić information content (AvgIpc) is 2.84. The fourth-order valence-electron chi connectivity index (χ4n) is 3.02. The van der Waals surface area contributed by atoms with Crippen LogP contribution in [0.25, 0.3) is 6.08 Å². The van der Waals surface area contributed by atoms with Gasteiger partial charge in [-0.05, 0) is 67.4 Å². The first-order valence-electron chi connectivity index (χ1n) is 10.2. The maximum Gasteiger partial charge on any atom is 0.244 e. The Bertz CT molecular complexity index is 1350. The lowest BCUT2D eigenvalue weighted by molar-refractivity contribution is -0.116. The number of carbonyl (C=O) groups excluding carboxylic acids is 1. The summed E-state index contributed by atoms with van der Waals surface area (Å²) in [5.74, 6) is 2.99. The summed E-state index contributed by atoms with van der Waals surface area (Å²) in [4.78, 5) is 20.7. The Morgan fingerprint density at radius 1 is 1.12 bits per heavy atom. The number of nitrogens with one attached hydrogen (secondary N) is 2. The summed E-state index contributed by atoms with van der Waals surface area (Å²) >= 11 is 0. The number of anilines is 2. The van der Waals surface area contributed by atoms with Crippen molar-refractivity contribution in [2.45, 2.75) is 13.8 Å². The molecule has 0 atom stereocenters. The second-order valence-electron chi connectivity index (χ2n) is 7.18. The second-order valence-corrected chi connectivity index (χ2v) is 7.18. The quantitative estimate of drug-likeness (QED) is 0.411. The number of terminal acetylenes is 1. The summed E-state index contributed by atoms with van der Waals surface area (Å²) in [6.07, 6.45) is 9.53. The topological polar surface area (TPSA) is 124 Å². The van der Waals surface area contributed by atoms with Crippen molar-refractivity contribution in [3.8, 4) is 36.1 Å². The number of ether oxygens (including phenoxy) is 1. The van der Waals surface area contributed by atoms with Crippen molar-refractivity contribution in [3.63, 3.8) is 0 Å². The highest BCUT2D eigenvalue weighted by atomic mass is 16.5. The van der Waals surface area contributed by atoms with E-state index in [4.69, 9.17) is 16.4 Å². The number of benzene rings is 2. The van der Waals surface area contributed by atoms with Crippen LogP contribution in [0, 0.1) is 48.9 Å². The molecule has 34 heavy (non-hydrogen) atoms. The van der Waals surface area contributed by atoms with Crippen LogP contribution in [0.15, 0.2) is 48.7 Å². The molecule has 166 valence electrons. The Morgan fingerprint density at radius 2 is 1.79 bits per heavy atom. The van der Waals surface area contributed by atoms with Gasteiger partial charge in [0.15, 0.2) is 0 Å². The Kier molecular flexibility index (Phi) is 7.58. The van der Waals surface area contributed by atoms with Crippen molar-refractivity contribution in [1.82, 2.24) is 15.3 Å². The van der Waals surface area contributed by atoms with Gasteiger partial charge in [0.2, 0.25) is 17.7 Å². The van der Waals surface area contributed by atoms with Gasteiger partial charge in [0.05, 0.1) is 35.4 Å². The molecule has 0 bridgehead atoms. The van der Waals surface area contributed by atoms with Gasteiger partial charge in [-0.25, -0.2) is 4.98 Å². The maximum atomic E-state index is 11.9. The molecule has 3 rings (SSSR count). The minimum atomic E-state index is -0.366. The van der Waals surface area contributed by atoms with E-state index < -0.39 is 0 Å². The maximum absolute atomic E-state index is 11.9. The summed E-state index contributed by atoms with van der Waals surface area (Å²) in [5, 5.41) is 23.8. The standard InChI is InChI=1S/C26H20N6O2/c1-4-11-29-23(33)10-7-21-16-30-26(31-22-8-5-19(14-27)6-9-22)32-25(21)34-24-17(2)12-20(15-28)13-18(24)3/h1,5-10,12-13,16H,11H2,2-3H3,(H,29,33)(H,30,31,32)/b10-7+. The number of rotatable bonds is 7. The zero-order chi connectivity index (χ0) is 24.5. The molecule has 0 saturated carbocycles. The van der Waals surface area contributed by atoms with Crippen molar-refractivity contribution < 1.29 is 9.53 Å². The van der Waals surface area contributed by atoms with Crippen molar-refractivity contribution in [2.75, 3.05) is 11.9 Å². The summed E-state index contributed by atoms with van der Waals surface area (Å²) in [5.41, 5.74) is 3.73. The van der Waals surface area contributed by atoms with Gasteiger partial charge >= 0.3 is 0 Å². The summed E-state index contributed by atoms with van der Waals surface area (Å²) < 4.78 is 6.14. The van der Waals surface area contributed by atoms with E-state index in [1.165, 1.54) is 18.3 Å². The van der Waals surface area contributed by atoms with E-state index in [2.05, 4.69) is 38.7 Å². The van der Waals surface area contributed by atoms with E-state index in [-0.39, 0.29) is 24.3 Å². The van der Waals surface area contributed by atoms with Gasteiger partial charge in [0.25, 0.3) is 0 Å². The van der Waals surface area contributed by atoms with Gasteiger partial charge in [-0.2, -0.15) is 15.5 Å². The van der Waals surface area contributed by atoms with E-state index in [1.807, 2.05) is 13.8 Å². The Morgan fingerprint density at radius 3 is 2.41 bits per heavy atom. The molecule has 8 nitrogen and oxygen atoms in total. The fourth-order valence-corrected chi connectivity index (χ4v) is 3.02. The highest BCUT2D eigenvalue weighted by molar-refractivity contribution is 5.92. The van der Waals surface area contributed by atoms with Gasteiger partial charge in [-0.3, -0.25) is 4.79 Å². The highest BCUT2D eigenvalue weighted by Gasteiger charge is 2.13. The molecule has 0 spiro atoms. The smallest absolute Gasteiger partial charge is 0.244 e. The molecular formula is C26H20N6O2. The van der Waals surface area contributed by atoms with Crippen molar-refractivity contribution in [2.24, 2.45) is 0 Å². The van der Waals surface area contributed by atoms with Crippen molar-refractivity contribution in [3.05, 3.63) is 76.5 Å². The SMILES string of the molecule is C#CCNC(=O)/C=C/c1cnc(Nc2ccc(C#N)cc2)nc1Oc1c(C)cc(C#N)cc1C. The third kappa shape index (κ3) is 5.97. The Balaban J connectivity index is 1.97. The Labute approximate surface area is 197 Å². The molecule has 0 aliphatic rings. The van der Waals surface area contributed by atoms with Crippen LogP contribution in [0.2, 0.25) is 0 Å². The molecule has 0 radical (unpaired) electrons. The minimum absolute atomic E-state index is 0.111. The number of hydrogen-bond acceptors (Lipinski definition) is 7. The molecule has 1 aromatic heterocycles. The minimum Gasteiger partial charge on any atom is -0.438 e. The molecule has 0 aliphatic heterocycles. The molecule has 1 heterocycles. The van der Waals surface area contributed by atoms with Crippen LogP contribution in [-0.4, -0.2) is 22.4 Å². The normalized spacial score (nSPS) is 10.1. The zero-order valence-corrected chi connectivity index (χ0v) is 18.6. The lowest BCUT2D eigenvalue weighted by atomic mass is 10.1. The van der Waals surface area contributed by atoms with E-state index >= 15 is 0 Å². The van der Waals surface area contributed by atoms with Gasteiger partial charge in [-0.1, -0.05) is 5.92 Å². The van der Waals surface area contributed by atoms with Gasteiger partial charge in [0.1, 0.15) is 5.75 Å². The fraction of sp³-hybridized carbons (Fsp3) is 0.115. The van der Waals surface area contributed by atoms with Gasteiger partial charge < -0.3 is 15.4 Å². The summed E-state index contributed by atoms with van der Waals surface area (Å²) in [6.45, 7) is 3.78. The third-order valence-electron chi connectivity index (χ3n) is 4.62. The van der Waals surface area contributed by atoms with Crippen LogP contribution in [0.4, 0.5) is 11.6 Å². The van der Waals surface area contributed by atoms with E-state index in [9.17, 15) is 10.1 Å². The van der Waals surface area contributed by atoms with E-state index in [0.29, 0.717) is 28.1 Å². The highest BCUT2D eigenvalue weighted by Crippen LogP contribution is 2.32. The molecule has 1 amide bonds. The molecule has 0 aliphatic carbocycles. The first-order chi connectivity index (χ1) is 16.4. The van der Waals surface area contributed by atoms with Crippen LogP contribution in [0.1, 0.15) is 27.8 Å². The number of carbonyl (C=O) groups is 1. The van der Waals surface area contributed by atoms with Crippen molar-refractivity contribution >= 4 is 23.6 Å². The van der Waals surface area contributed by atoms with Gasteiger partial charge in [-0.15, -0.1) is 6.42 Å². The lowest BCUT2D eigenvalue weighted by Crippen LogP contribution is -2.20. The van der Waals surface area contributed by atoms with Crippen molar-refractivity contribution in [1.29, 1.82) is 10.5 Å². The molecular weight excluding hydrogens is 428 g/mol. The third-order valence-corrected chi connectivity index (χ3v) is 4.62. The average molecular weight is 448 g/mol. The largest absolute Gasteiger partial charge is 0.438 e. The number of aryl methyl sites for hydroxylation is 2. The predicted octanol–water partition coefficient (Wildman–Crippen LogP) is 4.14. The van der Waals surface area contributed by atoms with E-state index in [0.717, 1.165) is 11.1 Å². The number of amides is 1. The number of nitrogens with zero attached hydrogens (tertiary/aromatic N) is 4. The molecule has 2 aromatic carbocycles. The molecule has 3 aromatic rings. The summed E-state index contributed by atoms with van der Waals surface area (Å²) in [6, 6.07) is 14.5.